The van der Waals surface area contributed by atoms with Gasteiger partial charge in [-0.1, -0.05) is 29.8 Å². The number of hydrogen-bond donors (Lipinski definition) is 1. The number of fused-ring (bicyclic) bond motifs is 1. The third-order valence-corrected chi connectivity index (χ3v) is 4.86. The maximum Gasteiger partial charge on any atom is 0.349 e. The van der Waals surface area contributed by atoms with Crippen molar-refractivity contribution in [1.82, 2.24) is 14.2 Å². The van der Waals surface area contributed by atoms with E-state index in [9.17, 15) is 9.59 Å². The minimum absolute atomic E-state index is 0.421. The molecule has 6 nitrogen and oxygen atoms in total. The van der Waals surface area contributed by atoms with E-state index in [4.69, 9.17) is 0 Å². The zero-order valence-electron chi connectivity index (χ0n) is 15.9. The second kappa shape index (κ2) is 6.81. The van der Waals surface area contributed by atoms with Crippen LogP contribution in [0.25, 0.3) is 16.6 Å². The van der Waals surface area contributed by atoms with Gasteiger partial charge in [-0.2, -0.15) is 5.10 Å². The molecule has 2 heterocycles. The number of hydrogen-bond acceptors (Lipinski definition) is 3. The Bertz CT molecular complexity index is 1320. The summed E-state index contributed by atoms with van der Waals surface area (Å²) in [6.07, 6.45) is 1.55. The van der Waals surface area contributed by atoms with E-state index < -0.39 is 11.2 Å². The Labute approximate surface area is 161 Å². The number of H-pyrrole nitrogens is 1. The molecule has 0 spiro atoms. The Morgan fingerprint density at radius 2 is 1.68 bits per heavy atom. The van der Waals surface area contributed by atoms with E-state index in [1.54, 1.807) is 30.5 Å². The minimum atomic E-state index is -0.563. The van der Waals surface area contributed by atoms with Crippen molar-refractivity contribution in [3.05, 3.63) is 98.0 Å². The summed E-state index contributed by atoms with van der Waals surface area (Å²) in [7, 11) is 0. The molecule has 1 N–H and O–H groups in total. The van der Waals surface area contributed by atoms with Crippen molar-refractivity contribution in [2.45, 2.75) is 20.8 Å². The fourth-order valence-electron chi connectivity index (χ4n) is 3.39. The van der Waals surface area contributed by atoms with Gasteiger partial charge < -0.3 is 9.55 Å². The lowest BCUT2D eigenvalue weighted by Gasteiger charge is -2.09. The van der Waals surface area contributed by atoms with E-state index in [-0.39, 0.29) is 0 Å². The van der Waals surface area contributed by atoms with Crippen molar-refractivity contribution in [3.8, 4) is 5.69 Å². The normalized spacial score (nSPS) is 11.5. The monoisotopic (exact) mass is 372 g/mol. The number of nitrogens with one attached hydrogen (secondary N) is 1. The predicted molar refractivity (Wildman–Crippen MR) is 112 cm³/mol. The van der Waals surface area contributed by atoms with Crippen LogP contribution in [0.4, 0.5) is 0 Å². The zero-order chi connectivity index (χ0) is 19.8. The summed E-state index contributed by atoms with van der Waals surface area (Å²) in [4.78, 5) is 27.6. The topological polar surface area (TPSA) is 72.2 Å². The van der Waals surface area contributed by atoms with Crippen LogP contribution in [0.5, 0.6) is 0 Å². The fraction of sp³-hybridized carbons (Fsp3) is 0.136. The average molecular weight is 372 g/mol. The van der Waals surface area contributed by atoms with Crippen LogP contribution in [0.15, 0.2) is 69.3 Å². The lowest BCUT2D eigenvalue weighted by atomic mass is 10.2. The summed E-state index contributed by atoms with van der Waals surface area (Å²) < 4.78 is 2.98. The second-order valence-corrected chi connectivity index (χ2v) is 6.83. The predicted octanol–water partition coefficient (Wildman–Crippen LogP) is 3.29. The number of aryl methyl sites for hydroxylation is 2. The molecule has 140 valence electrons. The van der Waals surface area contributed by atoms with Gasteiger partial charge in [0.05, 0.1) is 17.1 Å². The van der Waals surface area contributed by atoms with Crippen molar-refractivity contribution in [1.29, 1.82) is 0 Å². The maximum absolute atomic E-state index is 12.6. The summed E-state index contributed by atoms with van der Waals surface area (Å²) >= 11 is 0. The Morgan fingerprint density at radius 3 is 2.43 bits per heavy atom. The molecule has 2 aromatic carbocycles. The van der Waals surface area contributed by atoms with Crippen molar-refractivity contribution >= 4 is 17.1 Å². The molecule has 0 amide bonds. The molecule has 0 unspecified atom stereocenters. The molecule has 0 aliphatic carbocycles. The first-order chi connectivity index (χ1) is 13.5. The third-order valence-electron chi connectivity index (χ3n) is 4.86. The standard InChI is InChI=1S/C22H20N4O2/c1-14-8-10-18(11-9-14)25-15(2)12-17(16(25)3)13-23-26-21(27)19-6-4-5-7-20(19)24-22(26)28/h4-13H,1-3H3,(H,24,28). The van der Waals surface area contributed by atoms with Crippen LogP contribution in [-0.4, -0.2) is 20.4 Å². The second-order valence-electron chi connectivity index (χ2n) is 6.83. The van der Waals surface area contributed by atoms with Gasteiger partial charge >= 0.3 is 5.69 Å². The lowest BCUT2D eigenvalue weighted by Crippen LogP contribution is -2.32. The lowest BCUT2D eigenvalue weighted by molar-refractivity contribution is 0.771. The Kier molecular flexibility index (Phi) is 4.31. The smallest absolute Gasteiger partial charge is 0.318 e. The van der Waals surface area contributed by atoms with Crippen LogP contribution in [0.2, 0.25) is 0 Å². The first-order valence-corrected chi connectivity index (χ1v) is 9.00. The van der Waals surface area contributed by atoms with Crippen molar-refractivity contribution in [2.24, 2.45) is 5.10 Å². The van der Waals surface area contributed by atoms with E-state index in [0.29, 0.717) is 10.9 Å². The van der Waals surface area contributed by atoms with Gasteiger partial charge in [-0.05, 0) is 51.1 Å². The molecule has 0 radical (unpaired) electrons. The quantitative estimate of drug-likeness (QED) is 0.561. The Balaban J connectivity index is 1.79. The molecule has 0 saturated carbocycles. The molecule has 0 aliphatic heterocycles. The van der Waals surface area contributed by atoms with Gasteiger partial charge in [-0.15, -0.1) is 4.68 Å². The van der Waals surface area contributed by atoms with Gasteiger partial charge in [0.1, 0.15) is 0 Å². The number of nitrogens with zero attached hydrogens (tertiary/aromatic N) is 3. The van der Waals surface area contributed by atoms with Gasteiger partial charge in [0.2, 0.25) is 0 Å². The highest BCUT2D eigenvalue weighted by Crippen LogP contribution is 2.20. The molecular formula is C22H20N4O2. The first kappa shape index (κ1) is 17.7. The molecule has 0 saturated heterocycles. The molecule has 4 aromatic rings. The molecule has 0 fully saturated rings. The van der Waals surface area contributed by atoms with Gasteiger partial charge in [0.25, 0.3) is 5.56 Å². The van der Waals surface area contributed by atoms with Crippen LogP contribution in [0, 0.1) is 20.8 Å². The van der Waals surface area contributed by atoms with E-state index in [2.05, 4.69) is 45.8 Å². The molecule has 28 heavy (non-hydrogen) atoms. The number of para-hydroxylation sites is 1. The summed E-state index contributed by atoms with van der Waals surface area (Å²) in [6.45, 7) is 6.05. The summed E-state index contributed by atoms with van der Waals surface area (Å²) in [5.74, 6) is 0. The van der Waals surface area contributed by atoms with Crippen LogP contribution in [0.1, 0.15) is 22.5 Å². The highest BCUT2D eigenvalue weighted by atomic mass is 16.2. The SMILES string of the molecule is Cc1ccc(-n2c(C)cc(C=Nn3c(=O)[nH]c4ccccc4c3=O)c2C)cc1. The fourth-order valence-corrected chi connectivity index (χ4v) is 3.39. The summed E-state index contributed by atoms with van der Waals surface area (Å²) in [5.41, 5.74) is 4.62. The van der Waals surface area contributed by atoms with Gasteiger partial charge in [-0.3, -0.25) is 4.79 Å². The molecular weight excluding hydrogens is 352 g/mol. The summed E-state index contributed by atoms with van der Waals surface area (Å²) in [5, 5.41) is 4.59. The molecule has 4 rings (SSSR count). The van der Waals surface area contributed by atoms with Crippen molar-refractivity contribution in [3.63, 3.8) is 0 Å². The Morgan fingerprint density at radius 1 is 0.964 bits per heavy atom. The third kappa shape index (κ3) is 2.99. The van der Waals surface area contributed by atoms with Crippen LogP contribution < -0.4 is 11.2 Å². The molecule has 2 aromatic heterocycles. The van der Waals surface area contributed by atoms with Crippen LogP contribution >= 0.6 is 0 Å². The summed E-state index contributed by atoms with van der Waals surface area (Å²) in [6, 6.07) is 17.1. The highest BCUT2D eigenvalue weighted by molar-refractivity contribution is 5.82. The van der Waals surface area contributed by atoms with E-state index in [1.807, 2.05) is 19.9 Å². The average Bonchev–Trinajstić information content (AvgIpc) is 2.96. The number of rotatable bonds is 3. The van der Waals surface area contributed by atoms with Crippen molar-refractivity contribution in [2.75, 3.05) is 0 Å². The van der Waals surface area contributed by atoms with Gasteiger partial charge in [0.15, 0.2) is 0 Å². The number of benzene rings is 2. The molecule has 0 aliphatic rings. The molecule has 6 heteroatoms. The van der Waals surface area contributed by atoms with Crippen LogP contribution in [0.3, 0.4) is 0 Å². The van der Waals surface area contributed by atoms with Crippen LogP contribution in [-0.2, 0) is 0 Å². The number of aromatic amines is 1. The maximum atomic E-state index is 12.6. The van der Waals surface area contributed by atoms with Crippen molar-refractivity contribution < 1.29 is 0 Å². The van der Waals surface area contributed by atoms with Gasteiger partial charge in [-0.25, -0.2) is 4.79 Å². The Hall–Kier alpha value is -3.67. The first-order valence-electron chi connectivity index (χ1n) is 9.00. The highest BCUT2D eigenvalue weighted by Gasteiger charge is 2.10. The molecule has 0 bridgehead atoms. The largest absolute Gasteiger partial charge is 0.349 e. The minimum Gasteiger partial charge on any atom is -0.318 e. The van der Waals surface area contributed by atoms with E-state index in [1.165, 1.54) is 5.56 Å². The van der Waals surface area contributed by atoms with E-state index >= 15 is 0 Å². The van der Waals surface area contributed by atoms with E-state index in [0.717, 1.165) is 27.3 Å². The van der Waals surface area contributed by atoms with Gasteiger partial charge in [0, 0.05) is 22.6 Å². The zero-order valence-corrected chi connectivity index (χ0v) is 15.9. The number of aromatic nitrogens is 3. The molecule has 0 atom stereocenters.